The molecule has 0 fully saturated rings. The van der Waals surface area contributed by atoms with Crippen LogP contribution in [-0.2, 0) is 11.3 Å². The number of thiazole rings is 1. The van der Waals surface area contributed by atoms with Crippen LogP contribution in [0.3, 0.4) is 0 Å². The SMILES string of the molecule is Cc1sc(=O)n(CCC(=O)O)c1-c1ccc(C(C)C)cc1. The van der Waals surface area contributed by atoms with E-state index >= 15 is 0 Å². The van der Waals surface area contributed by atoms with Gasteiger partial charge in [-0.2, -0.15) is 0 Å². The molecule has 1 heterocycles. The van der Waals surface area contributed by atoms with Gasteiger partial charge >= 0.3 is 10.8 Å². The lowest BCUT2D eigenvalue weighted by molar-refractivity contribution is -0.137. The number of hydrogen-bond acceptors (Lipinski definition) is 3. The minimum absolute atomic E-state index is 0.0485. The van der Waals surface area contributed by atoms with Crippen LogP contribution in [0.4, 0.5) is 0 Å². The number of carbonyl (C=O) groups is 1. The molecule has 0 amide bonds. The van der Waals surface area contributed by atoms with Gasteiger partial charge in [-0.15, -0.1) is 0 Å². The average Bonchev–Trinajstić information content (AvgIpc) is 2.70. The molecular weight excluding hydrogens is 286 g/mol. The van der Waals surface area contributed by atoms with Crippen molar-refractivity contribution in [3.05, 3.63) is 44.4 Å². The normalized spacial score (nSPS) is 11.0. The Labute approximate surface area is 127 Å². The maximum Gasteiger partial charge on any atom is 0.307 e. The molecule has 2 rings (SSSR count). The van der Waals surface area contributed by atoms with E-state index in [1.807, 2.05) is 19.1 Å². The van der Waals surface area contributed by atoms with Gasteiger partial charge < -0.3 is 5.11 Å². The summed E-state index contributed by atoms with van der Waals surface area (Å²) in [6, 6.07) is 8.12. The number of rotatable bonds is 5. The number of hydrogen-bond donors (Lipinski definition) is 1. The van der Waals surface area contributed by atoms with Crippen molar-refractivity contribution in [2.75, 3.05) is 0 Å². The van der Waals surface area contributed by atoms with E-state index in [1.54, 1.807) is 4.57 Å². The van der Waals surface area contributed by atoms with Gasteiger partial charge in [0.05, 0.1) is 12.1 Å². The summed E-state index contributed by atoms with van der Waals surface area (Å²) in [4.78, 5) is 23.6. The molecule has 21 heavy (non-hydrogen) atoms. The van der Waals surface area contributed by atoms with Gasteiger partial charge in [-0.3, -0.25) is 14.2 Å². The summed E-state index contributed by atoms with van der Waals surface area (Å²) in [5, 5.41) is 8.82. The molecule has 1 N–H and O–H groups in total. The molecular formula is C16H19NO3S. The van der Waals surface area contributed by atoms with E-state index in [0.29, 0.717) is 5.92 Å². The van der Waals surface area contributed by atoms with Gasteiger partial charge in [0.1, 0.15) is 0 Å². The first-order valence-electron chi connectivity index (χ1n) is 6.92. The molecule has 112 valence electrons. The van der Waals surface area contributed by atoms with Gasteiger partial charge in [-0.05, 0) is 24.0 Å². The lowest BCUT2D eigenvalue weighted by atomic mass is 10.0. The molecule has 0 aliphatic heterocycles. The maximum atomic E-state index is 12.0. The predicted molar refractivity (Wildman–Crippen MR) is 85.1 cm³/mol. The molecule has 0 saturated heterocycles. The Balaban J connectivity index is 2.42. The van der Waals surface area contributed by atoms with Crippen LogP contribution in [0.2, 0.25) is 0 Å². The van der Waals surface area contributed by atoms with Crippen molar-refractivity contribution in [3.8, 4) is 11.3 Å². The highest BCUT2D eigenvalue weighted by molar-refractivity contribution is 7.09. The van der Waals surface area contributed by atoms with Gasteiger partial charge in [0.25, 0.3) is 0 Å². The second kappa shape index (κ2) is 6.26. The number of benzene rings is 1. The summed E-state index contributed by atoms with van der Waals surface area (Å²) in [5.41, 5.74) is 3.04. The first-order valence-corrected chi connectivity index (χ1v) is 7.74. The molecule has 0 radical (unpaired) electrons. The third kappa shape index (κ3) is 3.42. The number of carboxylic acids is 1. The molecule has 4 nitrogen and oxygen atoms in total. The molecule has 0 aliphatic rings. The minimum Gasteiger partial charge on any atom is -0.481 e. The second-order valence-corrected chi connectivity index (χ2v) is 6.51. The third-order valence-electron chi connectivity index (χ3n) is 3.46. The Bertz CT molecular complexity index is 695. The first-order chi connectivity index (χ1) is 9.90. The summed E-state index contributed by atoms with van der Waals surface area (Å²) in [6.45, 7) is 6.37. The van der Waals surface area contributed by atoms with Crippen LogP contribution >= 0.6 is 11.3 Å². The van der Waals surface area contributed by atoms with Crippen molar-refractivity contribution < 1.29 is 9.90 Å². The smallest absolute Gasteiger partial charge is 0.307 e. The van der Waals surface area contributed by atoms with Gasteiger partial charge in [-0.25, -0.2) is 0 Å². The number of aliphatic carboxylic acids is 1. The Morgan fingerprint density at radius 2 is 1.90 bits per heavy atom. The quantitative estimate of drug-likeness (QED) is 0.920. The van der Waals surface area contributed by atoms with Crippen LogP contribution in [0.1, 0.15) is 36.6 Å². The highest BCUT2D eigenvalue weighted by Crippen LogP contribution is 2.27. The van der Waals surface area contributed by atoms with E-state index in [2.05, 4.69) is 26.0 Å². The molecule has 0 spiro atoms. The Morgan fingerprint density at radius 1 is 1.29 bits per heavy atom. The highest BCUT2D eigenvalue weighted by Gasteiger charge is 2.14. The van der Waals surface area contributed by atoms with Gasteiger partial charge in [0, 0.05) is 11.4 Å². The third-order valence-corrected chi connectivity index (χ3v) is 4.36. The number of aryl methyl sites for hydroxylation is 1. The van der Waals surface area contributed by atoms with E-state index in [4.69, 9.17) is 5.11 Å². The standard InChI is InChI=1S/C16H19NO3S/c1-10(2)12-4-6-13(7-5-12)15-11(3)21-16(20)17(15)9-8-14(18)19/h4-7,10H,8-9H2,1-3H3,(H,18,19). The van der Waals surface area contributed by atoms with Crippen molar-refractivity contribution in [1.82, 2.24) is 4.57 Å². The monoisotopic (exact) mass is 305 g/mol. The lowest BCUT2D eigenvalue weighted by Crippen LogP contribution is -2.16. The van der Waals surface area contributed by atoms with E-state index in [0.717, 1.165) is 16.1 Å². The van der Waals surface area contributed by atoms with Crippen LogP contribution in [-0.4, -0.2) is 15.6 Å². The molecule has 2 aromatic rings. The van der Waals surface area contributed by atoms with E-state index in [9.17, 15) is 9.59 Å². The number of nitrogens with zero attached hydrogens (tertiary/aromatic N) is 1. The summed E-state index contributed by atoms with van der Waals surface area (Å²) >= 11 is 1.17. The Hall–Kier alpha value is -1.88. The summed E-state index contributed by atoms with van der Waals surface area (Å²) < 4.78 is 1.57. The van der Waals surface area contributed by atoms with Crippen molar-refractivity contribution in [3.63, 3.8) is 0 Å². The fourth-order valence-electron chi connectivity index (χ4n) is 2.31. The topological polar surface area (TPSA) is 59.3 Å². The predicted octanol–water partition coefficient (Wildman–Crippen LogP) is 3.48. The molecule has 1 aromatic heterocycles. The zero-order valence-electron chi connectivity index (χ0n) is 12.4. The zero-order chi connectivity index (χ0) is 15.6. The summed E-state index contributed by atoms with van der Waals surface area (Å²) in [5.74, 6) is -0.441. The number of aromatic nitrogens is 1. The molecule has 0 unspecified atom stereocenters. The maximum absolute atomic E-state index is 12.0. The highest BCUT2D eigenvalue weighted by atomic mass is 32.1. The molecule has 1 aromatic carbocycles. The molecule has 0 saturated carbocycles. The summed E-state index contributed by atoms with van der Waals surface area (Å²) in [7, 11) is 0. The zero-order valence-corrected chi connectivity index (χ0v) is 13.2. The first kappa shape index (κ1) is 15.5. The Kier molecular flexibility index (Phi) is 4.63. The van der Waals surface area contributed by atoms with Crippen molar-refractivity contribution in [1.29, 1.82) is 0 Å². The van der Waals surface area contributed by atoms with Crippen molar-refractivity contribution in [2.24, 2.45) is 0 Å². The van der Waals surface area contributed by atoms with E-state index in [-0.39, 0.29) is 17.8 Å². The van der Waals surface area contributed by atoms with Crippen LogP contribution < -0.4 is 4.87 Å². The van der Waals surface area contributed by atoms with Gasteiger partial charge in [-0.1, -0.05) is 49.4 Å². The minimum atomic E-state index is -0.896. The fourth-order valence-corrected chi connectivity index (χ4v) is 3.19. The van der Waals surface area contributed by atoms with Crippen molar-refractivity contribution in [2.45, 2.75) is 39.7 Å². The van der Waals surface area contributed by atoms with Gasteiger partial charge in [0.15, 0.2) is 0 Å². The summed E-state index contributed by atoms with van der Waals surface area (Å²) in [6.07, 6.45) is -0.0485. The van der Waals surface area contributed by atoms with Crippen LogP contribution in [0.15, 0.2) is 29.1 Å². The largest absolute Gasteiger partial charge is 0.481 e. The van der Waals surface area contributed by atoms with E-state index in [1.165, 1.54) is 16.9 Å². The van der Waals surface area contributed by atoms with Crippen LogP contribution in [0.5, 0.6) is 0 Å². The molecule has 0 atom stereocenters. The van der Waals surface area contributed by atoms with Crippen LogP contribution in [0.25, 0.3) is 11.3 Å². The molecule has 0 bridgehead atoms. The molecule has 5 heteroatoms. The van der Waals surface area contributed by atoms with Gasteiger partial charge in [0.2, 0.25) is 0 Å². The van der Waals surface area contributed by atoms with Crippen LogP contribution in [0, 0.1) is 6.92 Å². The second-order valence-electron chi connectivity index (χ2n) is 5.34. The average molecular weight is 305 g/mol. The Morgan fingerprint density at radius 3 is 2.43 bits per heavy atom. The lowest BCUT2D eigenvalue weighted by Gasteiger charge is -2.10. The van der Waals surface area contributed by atoms with Crippen molar-refractivity contribution >= 4 is 17.3 Å². The number of carboxylic acid groups (broad SMARTS) is 1. The fraction of sp³-hybridized carbons (Fsp3) is 0.375. The van der Waals surface area contributed by atoms with E-state index < -0.39 is 5.97 Å². The molecule has 0 aliphatic carbocycles.